The van der Waals surface area contributed by atoms with E-state index in [1.165, 1.54) is 0 Å². The first-order chi connectivity index (χ1) is 12.2. The van der Waals surface area contributed by atoms with Crippen LogP contribution in [0.15, 0.2) is 60.8 Å². The van der Waals surface area contributed by atoms with Gasteiger partial charge in [-0.3, -0.25) is 4.79 Å². The predicted molar refractivity (Wildman–Crippen MR) is 100 cm³/mol. The molecule has 3 N–H and O–H groups in total. The fourth-order valence-corrected chi connectivity index (χ4v) is 3.10. The molecule has 2 aromatic carbocycles. The normalized spacial score (nSPS) is 13.5. The number of fused-ring (bicyclic) bond motifs is 1. The molecule has 4 nitrogen and oxygen atoms in total. The number of hydrogen-bond acceptors (Lipinski definition) is 2. The van der Waals surface area contributed by atoms with Crippen LogP contribution in [0.3, 0.4) is 0 Å². The van der Waals surface area contributed by atoms with Crippen LogP contribution in [0.5, 0.6) is 0 Å². The van der Waals surface area contributed by atoms with E-state index in [1.54, 1.807) is 6.42 Å². The van der Waals surface area contributed by atoms with E-state index in [1.807, 2.05) is 61.7 Å². The Morgan fingerprint density at radius 2 is 1.88 bits per heavy atom. The molecule has 0 fully saturated rings. The van der Waals surface area contributed by atoms with Crippen LogP contribution in [-0.4, -0.2) is 28.6 Å². The van der Waals surface area contributed by atoms with Crippen molar-refractivity contribution < 1.29 is 9.90 Å². The molecule has 4 heteroatoms. The Morgan fingerprint density at radius 3 is 2.64 bits per heavy atom. The van der Waals surface area contributed by atoms with Crippen molar-refractivity contribution in [2.45, 2.75) is 25.3 Å². The number of aromatic nitrogens is 1. The number of para-hydroxylation sites is 1. The third-order valence-corrected chi connectivity index (χ3v) is 4.40. The number of hydrogen-bond donors (Lipinski definition) is 3. The summed E-state index contributed by atoms with van der Waals surface area (Å²) in [5.74, 6) is -0.181. The summed E-state index contributed by atoms with van der Waals surface area (Å²) in [6, 6.07) is 17.6. The van der Waals surface area contributed by atoms with Gasteiger partial charge in [0.15, 0.2) is 0 Å². The van der Waals surface area contributed by atoms with Crippen molar-refractivity contribution in [1.82, 2.24) is 10.3 Å². The van der Waals surface area contributed by atoms with Gasteiger partial charge in [-0.05, 0) is 29.5 Å². The van der Waals surface area contributed by atoms with Gasteiger partial charge in [0.05, 0.1) is 19.1 Å². The maximum absolute atomic E-state index is 12.4. The zero-order chi connectivity index (χ0) is 17.6. The molecule has 0 aliphatic rings. The number of rotatable bonds is 7. The Morgan fingerprint density at radius 1 is 1.16 bits per heavy atom. The van der Waals surface area contributed by atoms with Crippen molar-refractivity contribution in [2.24, 2.45) is 0 Å². The maximum atomic E-state index is 12.4. The maximum Gasteiger partial charge on any atom is 0.224 e. The molecule has 0 aliphatic heterocycles. The molecule has 2 atom stereocenters. The van der Waals surface area contributed by atoms with Crippen molar-refractivity contribution in [3.63, 3.8) is 0 Å². The van der Waals surface area contributed by atoms with Crippen molar-refractivity contribution in [3.8, 4) is 0 Å². The van der Waals surface area contributed by atoms with Crippen LogP contribution in [0.1, 0.15) is 24.0 Å². The largest absolute Gasteiger partial charge is 0.394 e. The smallest absolute Gasteiger partial charge is 0.224 e. The van der Waals surface area contributed by atoms with Gasteiger partial charge in [-0.2, -0.15) is 0 Å². The second kappa shape index (κ2) is 7.99. The molecule has 1 heterocycles. The first-order valence-corrected chi connectivity index (χ1v) is 8.53. The van der Waals surface area contributed by atoms with Crippen LogP contribution >= 0.6 is 0 Å². The summed E-state index contributed by atoms with van der Waals surface area (Å²) in [4.78, 5) is 15.6. The summed E-state index contributed by atoms with van der Waals surface area (Å²) in [6.07, 6.45) is 4.23. The summed E-state index contributed by atoms with van der Waals surface area (Å²) < 4.78 is 0. The van der Waals surface area contributed by atoms with Crippen LogP contribution in [0.25, 0.3) is 10.9 Å². The minimum atomic E-state index is -0.290. The van der Waals surface area contributed by atoms with Gasteiger partial charge in [-0.1, -0.05) is 55.5 Å². The lowest BCUT2D eigenvalue weighted by atomic mass is 9.96. The molecule has 1 amide bonds. The SMILES string of the molecule is CC([CH]C(=O)NC(CO)Cc1ccccc1)c1c[nH]c2ccccc12. The Bertz CT molecular complexity index is 826. The van der Waals surface area contributed by atoms with Crippen LogP contribution in [-0.2, 0) is 11.2 Å². The lowest BCUT2D eigenvalue weighted by Gasteiger charge is -2.18. The molecule has 25 heavy (non-hydrogen) atoms. The highest BCUT2D eigenvalue weighted by molar-refractivity contribution is 5.89. The summed E-state index contributed by atoms with van der Waals surface area (Å²) in [6.45, 7) is 1.91. The average molecular weight is 335 g/mol. The number of aromatic amines is 1. The number of amides is 1. The van der Waals surface area contributed by atoms with Crippen LogP contribution in [0, 0.1) is 6.42 Å². The highest BCUT2D eigenvalue weighted by Gasteiger charge is 2.18. The number of nitrogens with one attached hydrogen (secondary N) is 2. The average Bonchev–Trinajstić information content (AvgIpc) is 3.06. The Labute approximate surface area is 147 Å². The van der Waals surface area contributed by atoms with E-state index in [4.69, 9.17) is 0 Å². The van der Waals surface area contributed by atoms with E-state index in [-0.39, 0.29) is 24.5 Å². The molecule has 0 aliphatic carbocycles. The molecule has 3 rings (SSSR count). The molecular weight excluding hydrogens is 312 g/mol. The van der Waals surface area contributed by atoms with Crippen LogP contribution in [0.4, 0.5) is 0 Å². The van der Waals surface area contributed by atoms with Crippen molar-refractivity contribution in [3.05, 3.63) is 78.3 Å². The molecule has 0 saturated carbocycles. The van der Waals surface area contributed by atoms with Gasteiger partial charge >= 0.3 is 0 Å². The molecule has 0 spiro atoms. The second-order valence-electron chi connectivity index (χ2n) is 6.32. The number of aliphatic hydroxyl groups excluding tert-OH is 1. The molecule has 1 radical (unpaired) electrons. The third kappa shape index (κ3) is 4.28. The van der Waals surface area contributed by atoms with Gasteiger partial charge in [-0.15, -0.1) is 0 Å². The molecule has 129 valence electrons. The Hall–Kier alpha value is -2.59. The molecule has 2 unspecified atom stereocenters. The van der Waals surface area contributed by atoms with Crippen LogP contribution < -0.4 is 5.32 Å². The fraction of sp³-hybridized carbons (Fsp3) is 0.238. The summed E-state index contributed by atoms with van der Waals surface area (Å²) >= 11 is 0. The highest BCUT2D eigenvalue weighted by atomic mass is 16.3. The summed E-state index contributed by atoms with van der Waals surface area (Å²) in [5, 5.41) is 13.6. The Kier molecular flexibility index (Phi) is 5.51. The van der Waals surface area contributed by atoms with Gasteiger partial charge in [0.25, 0.3) is 0 Å². The number of carbonyl (C=O) groups excluding carboxylic acids is 1. The van der Waals surface area contributed by atoms with Gasteiger partial charge < -0.3 is 15.4 Å². The van der Waals surface area contributed by atoms with Crippen LogP contribution in [0.2, 0.25) is 0 Å². The highest BCUT2D eigenvalue weighted by Crippen LogP contribution is 2.26. The van der Waals surface area contributed by atoms with E-state index in [0.29, 0.717) is 6.42 Å². The molecule has 0 saturated heterocycles. The zero-order valence-corrected chi connectivity index (χ0v) is 14.3. The first-order valence-electron chi connectivity index (χ1n) is 8.53. The van der Waals surface area contributed by atoms with E-state index in [0.717, 1.165) is 22.0 Å². The summed E-state index contributed by atoms with van der Waals surface area (Å²) in [7, 11) is 0. The Balaban J connectivity index is 1.61. The number of aliphatic hydroxyl groups is 1. The van der Waals surface area contributed by atoms with E-state index >= 15 is 0 Å². The van der Waals surface area contributed by atoms with E-state index < -0.39 is 0 Å². The molecule has 3 aromatic rings. The van der Waals surface area contributed by atoms with Gasteiger partial charge in [0.2, 0.25) is 5.91 Å². The second-order valence-corrected chi connectivity index (χ2v) is 6.32. The van der Waals surface area contributed by atoms with Gasteiger partial charge in [-0.25, -0.2) is 0 Å². The fourth-order valence-electron chi connectivity index (χ4n) is 3.10. The summed E-state index contributed by atoms with van der Waals surface area (Å²) in [5.41, 5.74) is 3.25. The number of benzene rings is 2. The van der Waals surface area contributed by atoms with Crippen molar-refractivity contribution in [1.29, 1.82) is 0 Å². The van der Waals surface area contributed by atoms with Gasteiger partial charge in [0.1, 0.15) is 0 Å². The van der Waals surface area contributed by atoms with E-state index in [9.17, 15) is 9.90 Å². The standard InChI is InChI=1S/C21H23N2O2/c1-15(19-13-22-20-10-6-5-9-18(19)20)11-21(25)23-17(14-24)12-16-7-3-2-4-8-16/h2-11,13,15,17,22,24H,12,14H2,1H3,(H,23,25). The molecule has 0 bridgehead atoms. The number of carbonyl (C=O) groups is 1. The monoisotopic (exact) mass is 335 g/mol. The zero-order valence-electron chi connectivity index (χ0n) is 14.3. The minimum absolute atomic E-state index is 0.0211. The van der Waals surface area contributed by atoms with Gasteiger partial charge in [0, 0.05) is 17.1 Å². The topological polar surface area (TPSA) is 65.1 Å². The number of H-pyrrole nitrogens is 1. The lowest BCUT2D eigenvalue weighted by Crippen LogP contribution is -2.39. The van der Waals surface area contributed by atoms with E-state index in [2.05, 4.69) is 16.4 Å². The minimum Gasteiger partial charge on any atom is -0.394 e. The first kappa shape index (κ1) is 17.2. The molecule has 1 aromatic heterocycles. The predicted octanol–water partition coefficient (Wildman–Crippen LogP) is 3.20. The van der Waals surface area contributed by atoms with Crippen molar-refractivity contribution >= 4 is 16.8 Å². The lowest BCUT2D eigenvalue weighted by molar-refractivity contribution is -0.119. The quantitative estimate of drug-likeness (QED) is 0.621. The third-order valence-electron chi connectivity index (χ3n) is 4.40. The van der Waals surface area contributed by atoms with Crippen molar-refractivity contribution in [2.75, 3.05) is 6.61 Å². The molecular formula is C21H23N2O2.